The fourth-order valence-electron chi connectivity index (χ4n) is 4.51. The van der Waals surface area contributed by atoms with Gasteiger partial charge in [0.2, 0.25) is 0 Å². The third-order valence-electron chi connectivity index (χ3n) is 6.22. The van der Waals surface area contributed by atoms with Gasteiger partial charge in [-0.25, -0.2) is 14.6 Å². The number of rotatable bonds is 5. The van der Waals surface area contributed by atoms with Crippen LogP contribution in [-0.2, 0) is 6.54 Å². The van der Waals surface area contributed by atoms with Crippen LogP contribution in [0.15, 0.2) is 61.2 Å². The molecule has 1 aliphatic carbocycles. The van der Waals surface area contributed by atoms with E-state index in [1.54, 1.807) is 17.5 Å². The smallest absolute Gasteiger partial charge is 0.184 e. The van der Waals surface area contributed by atoms with Crippen LogP contribution in [0.4, 0.5) is 5.13 Å². The van der Waals surface area contributed by atoms with E-state index in [9.17, 15) is 5.11 Å². The van der Waals surface area contributed by atoms with Gasteiger partial charge in [-0.05, 0) is 54.8 Å². The number of hydrogen-bond donors (Lipinski definition) is 2. The van der Waals surface area contributed by atoms with Crippen LogP contribution >= 0.6 is 11.3 Å². The molecule has 5 aromatic rings. The molecule has 0 aliphatic heterocycles. The number of benzene rings is 2. The first kappa shape index (κ1) is 19.5. The maximum absolute atomic E-state index is 10.3. The largest absolute Gasteiger partial charge is 0.391 e. The number of anilines is 1. The molecule has 3 aromatic heterocycles. The summed E-state index contributed by atoms with van der Waals surface area (Å²) < 4.78 is 5.16. The summed E-state index contributed by atoms with van der Waals surface area (Å²) >= 11 is 1.66. The van der Waals surface area contributed by atoms with E-state index in [4.69, 9.17) is 4.98 Å². The molecule has 1 aliphatic rings. The van der Waals surface area contributed by atoms with Crippen molar-refractivity contribution in [3.8, 4) is 5.69 Å². The van der Waals surface area contributed by atoms with Gasteiger partial charge in [-0.1, -0.05) is 30.2 Å². The molecule has 0 amide bonds. The zero-order chi connectivity index (χ0) is 21.5. The van der Waals surface area contributed by atoms with Crippen LogP contribution in [0.25, 0.3) is 26.9 Å². The number of aromatic nitrogens is 5. The van der Waals surface area contributed by atoms with Crippen LogP contribution in [0, 0.1) is 0 Å². The van der Waals surface area contributed by atoms with Gasteiger partial charge in [-0.3, -0.25) is 0 Å². The summed E-state index contributed by atoms with van der Waals surface area (Å²) in [4.78, 5) is 9.33. The SMILES string of the molecule is O[C@@H]1CCCC[C@H]1Nc1nc2ccc(Cn3cnc4cc(-n5cccn5)ccc43)cc2s1. The van der Waals surface area contributed by atoms with Crippen LogP contribution in [0.2, 0.25) is 0 Å². The molecule has 6 rings (SSSR count). The zero-order valence-electron chi connectivity index (χ0n) is 17.6. The molecule has 2 atom stereocenters. The highest BCUT2D eigenvalue weighted by Crippen LogP contribution is 2.30. The first-order chi connectivity index (χ1) is 15.7. The van der Waals surface area contributed by atoms with Gasteiger partial charge in [-0.2, -0.15) is 5.10 Å². The molecule has 0 radical (unpaired) electrons. The van der Waals surface area contributed by atoms with E-state index < -0.39 is 0 Å². The maximum atomic E-state index is 10.3. The molecular formula is C24H24N6OS. The minimum Gasteiger partial charge on any atom is -0.391 e. The predicted molar refractivity (Wildman–Crippen MR) is 127 cm³/mol. The van der Waals surface area contributed by atoms with Crippen molar-refractivity contribution >= 4 is 37.7 Å². The Labute approximate surface area is 189 Å². The molecule has 0 spiro atoms. The molecular weight excluding hydrogens is 420 g/mol. The third kappa shape index (κ3) is 3.65. The topological polar surface area (TPSA) is 80.8 Å². The van der Waals surface area contributed by atoms with Crippen LogP contribution in [-0.4, -0.2) is 41.6 Å². The van der Waals surface area contributed by atoms with Crippen molar-refractivity contribution in [1.82, 2.24) is 24.3 Å². The van der Waals surface area contributed by atoms with E-state index in [0.29, 0.717) is 0 Å². The van der Waals surface area contributed by atoms with Crippen LogP contribution in [0.5, 0.6) is 0 Å². The van der Waals surface area contributed by atoms with E-state index in [-0.39, 0.29) is 12.1 Å². The molecule has 1 fully saturated rings. The Morgan fingerprint density at radius 2 is 2.03 bits per heavy atom. The molecule has 32 heavy (non-hydrogen) atoms. The molecule has 2 N–H and O–H groups in total. The Kier molecular flexibility index (Phi) is 4.88. The van der Waals surface area contributed by atoms with Crippen molar-refractivity contribution in [1.29, 1.82) is 0 Å². The fraction of sp³-hybridized carbons (Fsp3) is 0.292. The summed E-state index contributed by atoms with van der Waals surface area (Å²) in [7, 11) is 0. The quantitative estimate of drug-likeness (QED) is 0.414. The van der Waals surface area contributed by atoms with E-state index >= 15 is 0 Å². The van der Waals surface area contributed by atoms with Gasteiger partial charge in [0.25, 0.3) is 0 Å². The van der Waals surface area contributed by atoms with E-state index in [2.05, 4.69) is 56.4 Å². The van der Waals surface area contributed by atoms with Gasteiger partial charge < -0.3 is 15.0 Å². The number of hydrogen-bond acceptors (Lipinski definition) is 6. The van der Waals surface area contributed by atoms with E-state index in [1.165, 1.54) is 5.56 Å². The van der Waals surface area contributed by atoms with Crippen molar-refractivity contribution < 1.29 is 5.11 Å². The molecule has 1 saturated carbocycles. The highest BCUT2D eigenvalue weighted by atomic mass is 32.1. The van der Waals surface area contributed by atoms with Crippen LogP contribution in [0.3, 0.4) is 0 Å². The zero-order valence-corrected chi connectivity index (χ0v) is 18.4. The van der Waals surface area contributed by atoms with Crippen molar-refractivity contribution in [2.75, 3.05) is 5.32 Å². The molecule has 8 heteroatoms. The molecule has 3 heterocycles. The van der Waals surface area contributed by atoms with Crippen molar-refractivity contribution in [3.05, 3.63) is 66.7 Å². The summed E-state index contributed by atoms with van der Waals surface area (Å²) in [6, 6.07) is 14.7. The van der Waals surface area contributed by atoms with Gasteiger partial charge >= 0.3 is 0 Å². The lowest BCUT2D eigenvalue weighted by Crippen LogP contribution is -2.36. The summed E-state index contributed by atoms with van der Waals surface area (Å²) in [5.74, 6) is 0. The second-order valence-corrected chi connectivity index (χ2v) is 9.45. The second kappa shape index (κ2) is 8.03. The minimum atomic E-state index is -0.283. The molecule has 0 saturated heterocycles. The van der Waals surface area contributed by atoms with Gasteiger partial charge in [-0.15, -0.1) is 0 Å². The average Bonchev–Trinajstić information content (AvgIpc) is 3.55. The lowest BCUT2D eigenvalue weighted by molar-refractivity contribution is 0.116. The highest BCUT2D eigenvalue weighted by molar-refractivity contribution is 7.22. The molecule has 162 valence electrons. The predicted octanol–water partition coefficient (Wildman–Crippen LogP) is 4.60. The first-order valence-electron chi connectivity index (χ1n) is 11.0. The van der Waals surface area contributed by atoms with Crippen molar-refractivity contribution in [3.63, 3.8) is 0 Å². The van der Waals surface area contributed by atoms with Gasteiger partial charge in [0, 0.05) is 18.9 Å². The Bertz CT molecular complexity index is 1370. The lowest BCUT2D eigenvalue weighted by atomic mass is 9.93. The summed E-state index contributed by atoms with van der Waals surface area (Å²) in [6.45, 7) is 0.746. The Hall–Kier alpha value is -3.23. The summed E-state index contributed by atoms with van der Waals surface area (Å²) in [6.07, 6.45) is 9.45. The Balaban J connectivity index is 1.23. The Morgan fingerprint density at radius 3 is 2.91 bits per heavy atom. The van der Waals surface area contributed by atoms with Gasteiger partial charge in [0.1, 0.15) is 0 Å². The van der Waals surface area contributed by atoms with E-state index in [0.717, 1.165) is 64.3 Å². The Morgan fingerprint density at radius 1 is 1.09 bits per heavy atom. The average molecular weight is 445 g/mol. The standard InChI is InChI=1S/C24H24N6OS/c31-22-5-2-1-4-18(22)27-24-28-19-8-6-16(12-23(19)32-24)14-29-15-25-20-13-17(7-9-21(20)29)30-11-3-10-26-30/h3,6-13,15,18,22,31H,1-2,4-5,14H2,(H,27,28)/t18-,22-/m1/s1. The van der Waals surface area contributed by atoms with Crippen molar-refractivity contribution in [2.45, 2.75) is 44.4 Å². The number of imidazole rings is 1. The molecule has 0 bridgehead atoms. The maximum Gasteiger partial charge on any atom is 0.184 e. The minimum absolute atomic E-state index is 0.104. The normalized spacial score (nSPS) is 19.0. The second-order valence-electron chi connectivity index (χ2n) is 8.42. The number of nitrogens with zero attached hydrogens (tertiary/aromatic N) is 5. The molecule has 7 nitrogen and oxygen atoms in total. The number of nitrogens with one attached hydrogen (secondary N) is 1. The molecule has 2 aromatic carbocycles. The molecule has 0 unspecified atom stereocenters. The van der Waals surface area contributed by atoms with Gasteiger partial charge in [0.15, 0.2) is 5.13 Å². The third-order valence-corrected chi connectivity index (χ3v) is 7.17. The number of thiazole rings is 1. The van der Waals surface area contributed by atoms with Crippen molar-refractivity contribution in [2.24, 2.45) is 0 Å². The summed E-state index contributed by atoms with van der Waals surface area (Å²) in [5, 5.41) is 18.9. The summed E-state index contributed by atoms with van der Waals surface area (Å²) in [5.41, 5.74) is 5.25. The van der Waals surface area contributed by atoms with Crippen LogP contribution < -0.4 is 5.32 Å². The number of aliphatic hydroxyl groups excluding tert-OH is 1. The lowest BCUT2D eigenvalue weighted by Gasteiger charge is -2.27. The number of aliphatic hydroxyl groups is 1. The fourth-order valence-corrected chi connectivity index (χ4v) is 5.50. The number of fused-ring (bicyclic) bond motifs is 2. The van der Waals surface area contributed by atoms with E-state index in [1.807, 2.05) is 23.3 Å². The van der Waals surface area contributed by atoms with Gasteiger partial charge in [0.05, 0.1) is 45.4 Å². The first-order valence-corrected chi connectivity index (χ1v) is 11.8. The monoisotopic (exact) mass is 444 g/mol. The highest BCUT2D eigenvalue weighted by Gasteiger charge is 2.23. The van der Waals surface area contributed by atoms with Crippen LogP contribution in [0.1, 0.15) is 31.2 Å².